The van der Waals surface area contributed by atoms with Crippen LogP contribution in [-0.4, -0.2) is 12.7 Å². The first kappa shape index (κ1) is 12.1. The largest absolute Gasteiger partial charge is 0.449 e. The Kier molecular flexibility index (Phi) is 4.72. The van der Waals surface area contributed by atoms with Gasteiger partial charge in [0.15, 0.2) is 0 Å². The van der Waals surface area contributed by atoms with E-state index in [0.29, 0.717) is 22.3 Å². The summed E-state index contributed by atoms with van der Waals surface area (Å²) >= 11 is 11.5. The smallest absolute Gasteiger partial charge is 0.411 e. The van der Waals surface area contributed by atoms with Crippen LogP contribution in [-0.2, 0) is 4.74 Å². The van der Waals surface area contributed by atoms with Crippen LogP contribution in [0, 0.1) is 0 Å². The average molecular weight is 248 g/mol. The molecule has 0 aliphatic rings. The number of hydrogen-bond acceptors (Lipinski definition) is 2. The van der Waals surface area contributed by atoms with Crippen molar-refractivity contribution in [3.05, 3.63) is 28.2 Å². The highest BCUT2D eigenvalue weighted by atomic mass is 35.5. The van der Waals surface area contributed by atoms with Crippen LogP contribution in [0.2, 0.25) is 10.0 Å². The third kappa shape index (κ3) is 4.40. The SMILES string of the molecule is CCCOC(=O)Nc1cc(Cl)cc(Cl)c1. The minimum absolute atomic E-state index is 0.389. The molecule has 0 fully saturated rings. The molecule has 5 heteroatoms. The van der Waals surface area contributed by atoms with E-state index in [-0.39, 0.29) is 0 Å². The van der Waals surface area contributed by atoms with E-state index in [1.807, 2.05) is 6.92 Å². The summed E-state index contributed by atoms with van der Waals surface area (Å²) in [7, 11) is 0. The highest BCUT2D eigenvalue weighted by Crippen LogP contribution is 2.22. The van der Waals surface area contributed by atoms with Gasteiger partial charge in [-0.15, -0.1) is 0 Å². The topological polar surface area (TPSA) is 38.3 Å². The maximum absolute atomic E-state index is 11.2. The standard InChI is InChI=1S/C10H11Cl2NO2/c1-2-3-15-10(14)13-9-5-7(11)4-8(12)6-9/h4-6H,2-3H2,1H3,(H,13,14). The fraction of sp³-hybridized carbons (Fsp3) is 0.300. The van der Waals surface area contributed by atoms with Crippen molar-refractivity contribution < 1.29 is 9.53 Å². The number of amides is 1. The van der Waals surface area contributed by atoms with Crippen LogP contribution in [0.1, 0.15) is 13.3 Å². The predicted molar refractivity (Wildman–Crippen MR) is 61.7 cm³/mol. The van der Waals surface area contributed by atoms with Crippen LogP contribution in [0.15, 0.2) is 18.2 Å². The van der Waals surface area contributed by atoms with Crippen molar-refractivity contribution in [1.82, 2.24) is 0 Å². The van der Waals surface area contributed by atoms with E-state index in [9.17, 15) is 4.79 Å². The Morgan fingerprint density at radius 1 is 1.33 bits per heavy atom. The van der Waals surface area contributed by atoms with Crippen LogP contribution in [0.3, 0.4) is 0 Å². The number of carbonyl (C=O) groups is 1. The zero-order chi connectivity index (χ0) is 11.3. The van der Waals surface area contributed by atoms with Crippen molar-refractivity contribution in [2.75, 3.05) is 11.9 Å². The molecule has 1 amide bonds. The zero-order valence-corrected chi connectivity index (χ0v) is 9.73. The molecule has 0 radical (unpaired) electrons. The molecule has 0 saturated carbocycles. The van der Waals surface area contributed by atoms with Crippen LogP contribution in [0.25, 0.3) is 0 Å². The second-order valence-electron chi connectivity index (χ2n) is 2.92. The first-order valence-corrected chi connectivity index (χ1v) is 5.27. The molecule has 0 atom stereocenters. The molecule has 1 rings (SSSR count). The molecule has 0 aromatic heterocycles. The predicted octanol–water partition coefficient (Wildman–Crippen LogP) is 3.95. The minimum Gasteiger partial charge on any atom is -0.449 e. The van der Waals surface area contributed by atoms with E-state index in [2.05, 4.69) is 5.32 Å². The van der Waals surface area contributed by atoms with Gasteiger partial charge in [0.1, 0.15) is 0 Å². The van der Waals surface area contributed by atoms with Crippen molar-refractivity contribution in [3.8, 4) is 0 Å². The third-order valence-corrected chi connectivity index (χ3v) is 1.98. The first-order valence-electron chi connectivity index (χ1n) is 4.51. The van der Waals surface area contributed by atoms with Crippen molar-refractivity contribution in [1.29, 1.82) is 0 Å². The molecule has 1 aromatic carbocycles. The summed E-state index contributed by atoms with van der Waals surface area (Å²) in [5, 5.41) is 3.46. The third-order valence-electron chi connectivity index (χ3n) is 1.55. The number of anilines is 1. The van der Waals surface area contributed by atoms with Gasteiger partial charge < -0.3 is 4.74 Å². The summed E-state index contributed by atoms with van der Waals surface area (Å²) in [6.45, 7) is 2.31. The molecule has 3 nitrogen and oxygen atoms in total. The van der Waals surface area contributed by atoms with E-state index in [1.165, 1.54) is 0 Å². The quantitative estimate of drug-likeness (QED) is 0.879. The van der Waals surface area contributed by atoms with Gasteiger partial charge in [0.2, 0.25) is 0 Å². The lowest BCUT2D eigenvalue weighted by atomic mass is 10.3. The zero-order valence-electron chi connectivity index (χ0n) is 8.22. The van der Waals surface area contributed by atoms with Crippen LogP contribution < -0.4 is 5.32 Å². The molecule has 0 spiro atoms. The summed E-state index contributed by atoms with van der Waals surface area (Å²) < 4.78 is 4.84. The fourth-order valence-corrected chi connectivity index (χ4v) is 1.50. The molecule has 0 heterocycles. The molecular formula is C10H11Cl2NO2. The highest BCUT2D eigenvalue weighted by Gasteiger charge is 2.04. The Morgan fingerprint density at radius 2 is 1.93 bits per heavy atom. The molecule has 1 aromatic rings. The second kappa shape index (κ2) is 5.83. The Labute approximate surface area is 98.3 Å². The number of halogens is 2. The van der Waals surface area contributed by atoms with Gasteiger partial charge in [-0.2, -0.15) is 0 Å². The van der Waals surface area contributed by atoms with E-state index < -0.39 is 6.09 Å². The summed E-state index contributed by atoms with van der Waals surface area (Å²) in [6, 6.07) is 4.78. The molecule has 82 valence electrons. The van der Waals surface area contributed by atoms with Crippen molar-refractivity contribution >= 4 is 35.0 Å². The molecule has 0 unspecified atom stereocenters. The highest BCUT2D eigenvalue weighted by molar-refractivity contribution is 6.35. The Bertz CT molecular complexity index is 335. The van der Waals surface area contributed by atoms with Gasteiger partial charge in [-0.1, -0.05) is 30.1 Å². The number of rotatable bonds is 3. The lowest BCUT2D eigenvalue weighted by Crippen LogP contribution is -2.13. The molecule has 0 bridgehead atoms. The normalized spacial score (nSPS) is 9.80. The summed E-state index contributed by atoms with van der Waals surface area (Å²) in [6.07, 6.45) is 0.277. The van der Waals surface area contributed by atoms with E-state index in [0.717, 1.165) is 6.42 Å². The van der Waals surface area contributed by atoms with Crippen molar-refractivity contribution in [3.63, 3.8) is 0 Å². The Hall–Kier alpha value is -0.930. The lowest BCUT2D eigenvalue weighted by molar-refractivity contribution is 0.161. The van der Waals surface area contributed by atoms with Crippen molar-refractivity contribution in [2.24, 2.45) is 0 Å². The first-order chi connectivity index (χ1) is 7.11. The molecule has 0 aliphatic carbocycles. The number of benzene rings is 1. The molecule has 0 aliphatic heterocycles. The van der Waals surface area contributed by atoms with Crippen LogP contribution >= 0.6 is 23.2 Å². The number of carbonyl (C=O) groups excluding carboxylic acids is 1. The lowest BCUT2D eigenvalue weighted by Gasteiger charge is -2.06. The fourth-order valence-electron chi connectivity index (χ4n) is 0.975. The number of nitrogens with one attached hydrogen (secondary N) is 1. The maximum Gasteiger partial charge on any atom is 0.411 e. The van der Waals surface area contributed by atoms with E-state index in [4.69, 9.17) is 27.9 Å². The minimum atomic E-state index is -0.504. The van der Waals surface area contributed by atoms with Gasteiger partial charge >= 0.3 is 6.09 Å². The summed E-state index contributed by atoms with van der Waals surface area (Å²) in [5.41, 5.74) is 0.522. The average Bonchev–Trinajstić information content (AvgIpc) is 2.13. The monoisotopic (exact) mass is 247 g/mol. The molecule has 1 N–H and O–H groups in total. The van der Waals surface area contributed by atoms with Gasteiger partial charge in [0, 0.05) is 15.7 Å². The number of hydrogen-bond donors (Lipinski definition) is 1. The summed E-state index contributed by atoms with van der Waals surface area (Å²) in [4.78, 5) is 11.2. The Balaban J connectivity index is 2.60. The Morgan fingerprint density at radius 3 is 2.47 bits per heavy atom. The second-order valence-corrected chi connectivity index (χ2v) is 3.79. The van der Waals surface area contributed by atoms with Gasteiger partial charge in [-0.05, 0) is 24.6 Å². The van der Waals surface area contributed by atoms with E-state index in [1.54, 1.807) is 18.2 Å². The number of ether oxygens (including phenoxy) is 1. The van der Waals surface area contributed by atoms with E-state index >= 15 is 0 Å². The van der Waals surface area contributed by atoms with Gasteiger partial charge in [-0.3, -0.25) is 5.32 Å². The van der Waals surface area contributed by atoms with Gasteiger partial charge in [0.25, 0.3) is 0 Å². The molecule has 15 heavy (non-hydrogen) atoms. The van der Waals surface area contributed by atoms with Gasteiger partial charge in [0.05, 0.1) is 6.61 Å². The van der Waals surface area contributed by atoms with Crippen molar-refractivity contribution in [2.45, 2.75) is 13.3 Å². The molecule has 0 saturated heterocycles. The van der Waals surface area contributed by atoms with Crippen LogP contribution in [0.5, 0.6) is 0 Å². The molecular weight excluding hydrogens is 237 g/mol. The maximum atomic E-state index is 11.2. The van der Waals surface area contributed by atoms with Crippen LogP contribution in [0.4, 0.5) is 10.5 Å². The van der Waals surface area contributed by atoms with Gasteiger partial charge in [-0.25, -0.2) is 4.79 Å². The summed E-state index contributed by atoms with van der Waals surface area (Å²) in [5.74, 6) is 0.